The Bertz CT molecular complexity index is 1210. The van der Waals surface area contributed by atoms with Gasteiger partial charge in [-0.15, -0.1) is 0 Å². The zero-order chi connectivity index (χ0) is 20.5. The van der Waals surface area contributed by atoms with Crippen molar-refractivity contribution in [1.29, 1.82) is 0 Å². The van der Waals surface area contributed by atoms with E-state index < -0.39 is 11.8 Å². The first-order chi connectivity index (χ1) is 14.0. The van der Waals surface area contributed by atoms with Crippen molar-refractivity contribution in [3.63, 3.8) is 0 Å². The van der Waals surface area contributed by atoms with Gasteiger partial charge in [0.05, 0.1) is 12.7 Å². The van der Waals surface area contributed by atoms with E-state index in [1.165, 1.54) is 35.9 Å². The van der Waals surface area contributed by atoms with Crippen molar-refractivity contribution < 1.29 is 18.4 Å². The monoisotopic (exact) mass is 407 g/mol. The van der Waals surface area contributed by atoms with Crippen molar-refractivity contribution in [3.05, 3.63) is 75.7 Å². The summed E-state index contributed by atoms with van der Waals surface area (Å²) in [5.41, 5.74) is 6.60. The second-order valence-corrected chi connectivity index (χ2v) is 7.50. The third-order valence-corrected chi connectivity index (χ3v) is 5.70. The third kappa shape index (κ3) is 3.59. The van der Waals surface area contributed by atoms with Crippen LogP contribution in [0.25, 0.3) is 33.7 Å². The van der Waals surface area contributed by atoms with Crippen molar-refractivity contribution in [2.24, 2.45) is 0 Å². The van der Waals surface area contributed by atoms with Gasteiger partial charge in [-0.2, -0.15) is 11.3 Å². The molecular formula is C23H18FNO3S. The number of aryl methyl sites for hydroxylation is 2. The van der Waals surface area contributed by atoms with Gasteiger partial charge >= 0.3 is 5.97 Å². The number of ether oxygens (including phenoxy) is 1. The lowest BCUT2D eigenvalue weighted by molar-refractivity contribution is 0.0595. The Balaban J connectivity index is 1.64. The summed E-state index contributed by atoms with van der Waals surface area (Å²) in [5, 5.41) is 8.34. The van der Waals surface area contributed by atoms with Gasteiger partial charge < -0.3 is 9.26 Å². The van der Waals surface area contributed by atoms with Crippen LogP contribution in [0, 0.1) is 19.7 Å². The molecule has 0 fully saturated rings. The molecule has 146 valence electrons. The van der Waals surface area contributed by atoms with Crippen LogP contribution < -0.4 is 0 Å². The lowest BCUT2D eigenvalue weighted by atomic mass is 9.97. The van der Waals surface area contributed by atoms with Crippen LogP contribution in [0.2, 0.25) is 0 Å². The summed E-state index contributed by atoms with van der Waals surface area (Å²) in [7, 11) is 1.21. The first-order valence-electron chi connectivity index (χ1n) is 8.97. The highest BCUT2D eigenvalue weighted by molar-refractivity contribution is 7.08. The SMILES string of the molecule is COC(=O)c1ccc(-c2cc(-c3ccc(-c4cscc4C)c(C)c3)on2)cc1F. The van der Waals surface area contributed by atoms with E-state index >= 15 is 0 Å². The van der Waals surface area contributed by atoms with Crippen LogP contribution in [0.5, 0.6) is 0 Å². The summed E-state index contributed by atoms with van der Waals surface area (Å²) in [5.74, 6) is -0.786. The van der Waals surface area contributed by atoms with Gasteiger partial charge in [-0.3, -0.25) is 0 Å². The second kappa shape index (κ2) is 7.64. The molecule has 4 aromatic rings. The number of rotatable bonds is 4. The number of hydrogen-bond acceptors (Lipinski definition) is 5. The van der Waals surface area contributed by atoms with Crippen molar-refractivity contribution >= 4 is 17.3 Å². The van der Waals surface area contributed by atoms with Gasteiger partial charge in [-0.25, -0.2) is 9.18 Å². The average molecular weight is 407 g/mol. The normalized spacial score (nSPS) is 10.9. The zero-order valence-electron chi connectivity index (χ0n) is 16.2. The molecule has 0 saturated heterocycles. The molecule has 0 amide bonds. The second-order valence-electron chi connectivity index (χ2n) is 6.76. The minimum atomic E-state index is -0.716. The van der Waals surface area contributed by atoms with Crippen LogP contribution in [0.3, 0.4) is 0 Å². The van der Waals surface area contributed by atoms with Gasteiger partial charge in [0.2, 0.25) is 0 Å². The maximum absolute atomic E-state index is 14.2. The van der Waals surface area contributed by atoms with Crippen molar-refractivity contribution in [1.82, 2.24) is 5.16 Å². The Morgan fingerprint density at radius 2 is 1.79 bits per heavy atom. The molecule has 29 heavy (non-hydrogen) atoms. The number of carbonyl (C=O) groups is 1. The first-order valence-corrected chi connectivity index (χ1v) is 9.91. The van der Waals surface area contributed by atoms with Crippen LogP contribution in [0.1, 0.15) is 21.5 Å². The topological polar surface area (TPSA) is 52.3 Å². The Labute approximate surface area is 171 Å². The fourth-order valence-corrected chi connectivity index (χ4v) is 4.10. The molecule has 0 unspecified atom stereocenters. The molecule has 0 bridgehead atoms. The first kappa shape index (κ1) is 19.1. The quantitative estimate of drug-likeness (QED) is 0.374. The Morgan fingerprint density at radius 3 is 2.45 bits per heavy atom. The molecule has 0 radical (unpaired) electrons. The number of aromatic nitrogens is 1. The molecule has 4 nitrogen and oxygen atoms in total. The van der Waals surface area contributed by atoms with E-state index in [0.717, 1.165) is 11.1 Å². The number of nitrogens with zero attached hydrogens (tertiary/aromatic N) is 1. The van der Waals surface area contributed by atoms with E-state index in [2.05, 4.69) is 46.6 Å². The van der Waals surface area contributed by atoms with Crippen molar-refractivity contribution in [2.75, 3.05) is 7.11 Å². The molecule has 2 heterocycles. The summed E-state index contributed by atoms with van der Waals surface area (Å²) >= 11 is 1.69. The van der Waals surface area contributed by atoms with Gasteiger partial charge in [-0.1, -0.05) is 23.4 Å². The number of esters is 1. The highest BCUT2D eigenvalue weighted by atomic mass is 32.1. The molecule has 0 spiro atoms. The lowest BCUT2D eigenvalue weighted by Gasteiger charge is -2.07. The number of hydrogen-bond donors (Lipinski definition) is 0. The van der Waals surface area contributed by atoms with Gasteiger partial charge in [0.1, 0.15) is 11.5 Å². The molecule has 0 saturated carbocycles. The van der Waals surface area contributed by atoms with Crippen LogP contribution in [-0.4, -0.2) is 18.2 Å². The molecule has 0 aliphatic rings. The minimum absolute atomic E-state index is 0.116. The Morgan fingerprint density at radius 1 is 1.00 bits per heavy atom. The van der Waals surface area contributed by atoms with E-state index in [-0.39, 0.29) is 5.56 Å². The van der Waals surface area contributed by atoms with E-state index in [0.29, 0.717) is 17.0 Å². The Kier molecular flexibility index (Phi) is 5.03. The third-order valence-electron chi connectivity index (χ3n) is 4.84. The molecule has 2 aromatic heterocycles. The maximum Gasteiger partial charge on any atom is 0.340 e. The molecule has 0 N–H and O–H groups in total. The van der Waals surface area contributed by atoms with Crippen LogP contribution in [0.4, 0.5) is 4.39 Å². The summed E-state index contributed by atoms with van der Waals surface area (Å²) < 4.78 is 24.3. The summed E-state index contributed by atoms with van der Waals surface area (Å²) in [4.78, 5) is 11.5. The minimum Gasteiger partial charge on any atom is -0.465 e. The van der Waals surface area contributed by atoms with Crippen LogP contribution in [-0.2, 0) is 4.74 Å². The van der Waals surface area contributed by atoms with E-state index in [1.807, 2.05) is 6.07 Å². The number of methoxy groups -OCH3 is 1. The standard InChI is InChI=1S/C23H18FNO3S/c1-13-8-16(5-6-17(13)19-12-29-11-14(19)2)22-10-21(25-28-22)15-4-7-18(20(24)9-15)23(26)27-3/h4-12H,1-3H3. The average Bonchev–Trinajstić information content (AvgIpc) is 3.37. The highest BCUT2D eigenvalue weighted by Crippen LogP contribution is 2.33. The van der Waals surface area contributed by atoms with Crippen molar-refractivity contribution in [3.8, 4) is 33.7 Å². The molecule has 2 aromatic carbocycles. The van der Waals surface area contributed by atoms with Gasteiger partial charge in [0.25, 0.3) is 0 Å². The fraction of sp³-hybridized carbons (Fsp3) is 0.130. The van der Waals surface area contributed by atoms with Gasteiger partial charge in [0.15, 0.2) is 5.76 Å². The summed E-state index contributed by atoms with van der Waals surface area (Å²) in [6, 6.07) is 12.1. The highest BCUT2D eigenvalue weighted by Gasteiger charge is 2.16. The number of carbonyl (C=O) groups excluding carboxylic acids is 1. The largest absolute Gasteiger partial charge is 0.465 e. The number of benzene rings is 2. The number of halogens is 1. The summed E-state index contributed by atoms with van der Waals surface area (Å²) in [6.45, 7) is 4.17. The molecular weight excluding hydrogens is 389 g/mol. The summed E-state index contributed by atoms with van der Waals surface area (Å²) in [6.07, 6.45) is 0. The molecule has 6 heteroatoms. The molecule has 0 atom stereocenters. The maximum atomic E-state index is 14.2. The smallest absolute Gasteiger partial charge is 0.340 e. The molecule has 0 aliphatic heterocycles. The predicted octanol–water partition coefficient (Wildman–Crippen LogP) is 6.28. The van der Waals surface area contributed by atoms with E-state index in [1.54, 1.807) is 23.5 Å². The van der Waals surface area contributed by atoms with Gasteiger partial charge in [-0.05, 0) is 65.1 Å². The molecule has 0 aliphatic carbocycles. The van der Waals surface area contributed by atoms with E-state index in [9.17, 15) is 9.18 Å². The zero-order valence-corrected chi connectivity index (χ0v) is 17.0. The molecule has 4 rings (SSSR count). The van der Waals surface area contributed by atoms with Gasteiger partial charge in [0, 0.05) is 17.2 Å². The predicted molar refractivity (Wildman–Crippen MR) is 111 cm³/mol. The number of thiophene rings is 1. The van der Waals surface area contributed by atoms with Crippen LogP contribution in [0.15, 0.2) is 57.7 Å². The van der Waals surface area contributed by atoms with Crippen LogP contribution >= 0.6 is 11.3 Å². The van der Waals surface area contributed by atoms with Crippen molar-refractivity contribution in [2.45, 2.75) is 13.8 Å². The Hall–Kier alpha value is -3.25. The van der Waals surface area contributed by atoms with E-state index in [4.69, 9.17) is 4.52 Å². The lowest BCUT2D eigenvalue weighted by Crippen LogP contribution is -2.04. The fourth-order valence-electron chi connectivity index (χ4n) is 3.25.